The summed E-state index contributed by atoms with van der Waals surface area (Å²) in [7, 11) is 0. The van der Waals surface area contributed by atoms with Gasteiger partial charge in [-0.05, 0) is 34.7 Å². The van der Waals surface area contributed by atoms with Gasteiger partial charge in [0.1, 0.15) is 5.82 Å². The number of carbonyl (C=O) groups excluding carboxylic acids is 1. The highest BCUT2D eigenvalue weighted by molar-refractivity contribution is 7.99. The molecule has 0 atom stereocenters. The first-order valence-corrected chi connectivity index (χ1v) is 7.99. The van der Waals surface area contributed by atoms with Crippen LogP contribution in [0.5, 0.6) is 0 Å². The van der Waals surface area contributed by atoms with E-state index in [1.165, 1.54) is 11.8 Å². The van der Waals surface area contributed by atoms with Gasteiger partial charge < -0.3 is 5.32 Å². The van der Waals surface area contributed by atoms with Crippen LogP contribution in [-0.4, -0.2) is 36.9 Å². The van der Waals surface area contributed by atoms with E-state index >= 15 is 0 Å². The minimum absolute atomic E-state index is 0.0880. The molecular formula is C15H14N6OS. The third kappa shape index (κ3) is 4.13. The van der Waals surface area contributed by atoms with Gasteiger partial charge in [-0.2, -0.15) is 4.68 Å². The number of aromatic nitrogens is 5. The number of nitrogens with zero attached hydrogens (tertiary/aromatic N) is 5. The van der Waals surface area contributed by atoms with Crippen molar-refractivity contribution in [1.29, 1.82) is 0 Å². The number of hydrogen-bond donors (Lipinski definition) is 1. The average Bonchev–Trinajstić information content (AvgIpc) is 3.05. The molecule has 0 saturated carbocycles. The van der Waals surface area contributed by atoms with E-state index in [-0.39, 0.29) is 5.91 Å². The highest BCUT2D eigenvalue weighted by Gasteiger charge is 2.10. The number of benzene rings is 1. The summed E-state index contributed by atoms with van der Waals surface area (Å²) in [4.78, 5) is 15.9. The van der Waals surface area contributed by atoms with Crippen LogP contribution >= 0.6 is 11.8 Å². The van der Waals surface area contributed by atoms with Crippen molar-refractivity contribution in [1.82, 2.24) is 25.2 Å². The van der Waals surface area contributed by atoms with E-state index in [0.29, 0.717) is 23.1 Å². The molecule has 3 aromatic rings. The molecule has 0 aliphatic rings. The van der Waals surface area contributed by atoms with Crippen molar-refractivity contribution >= 4 is 23.5 Å². The molecule has 1 amide bonds. The maximum atomic E-state index is 11.9. The molecule has 0 radical (unpaired) electrons. The Morgan fingerprint density at radius 3 is 2.74 bits per heavy atom. The van der Waals surface area contributed by atoms with Gasteiger partial charge in [0.15, 0.2) is 0 Å². The maximum absolute atomic E-state index is 11.9. The number of tetrazole rings is 1. The lowest BCUT2D eigenvalue weighted by atomic mass is 10.3. The van der Waals surface area contributed by atoms with Crippen molar-refractivity contribution in [3.63, 3.8) is 0 Å². The topological polar surface area (TPSA) is 85.6 Å². The van der Waals surface area contributed by atoms with Crippen molar-refractivity contribution in [3.05, 3.63) is 54.7 Å². The van der Waals surface area contributed by atoms with E-state index in [9.17, 15) is 4.79 Å². The first kappa shape index (κ1) is 15.2. The second-order valence-electron chi connectivity index (χ2n) is 4.57. The fourth-order valence-electron chi connectivity index (χ4n) is 1.88. The molecule has 0 aliphatic heterocycles. The molecule has 7 nitrogen and oxygen atoms in total. The van der Waals surface area contributed by atoms with Crippen LogP contribution in [0.15, 0.2) is 59.9 Å². The molecule has 3 rings (SSSR count). The van der Waals surface area contributed by atoms with Gasteiger partial charge in [-0.15, -0.1) is 5.10 Å². The monoisotopic (exact) mass is 326 g/mol. The third-order valence-electron chi connectivity index (χ3n) is 2.93. The molecule has 0 unspecified atom stereocenters. The van der Waals surface area contributed by atoms with Gasteiger partial charge >= 0.3 is 0 Å². The number of thioether (sulfide) groups is 1. The van der Waals surface area contributed by atoms with E-state index in [4.69, 9.17) is 0 Å². The summed E-state index contributed by atoms with van der Waals surface area (Å²) in [5.74, 6) is 1.04. The Morgan fingerprint density at radius 2 is 1.96 bits per heavy atom. The van der Waals surface area contributed by atoms with Crippen LogP contribution in [0.1, 0.15) is 6.42 Å². The summed E-state index contributed by atoms with van der Waals surface area (Å²) < 4.78 is 1.65. The maximum Gasteiger partial charge on any atom is 0.226 e. The molecule has 8 heteroatoms. The molecule has 2 aromatic heterocycles. The van der Waals surface area contributed by atoms with Gasteiger partial charge in [0, 0.05) is 18.4 Å². The van der Waals surface area contributed by atoms with Crippen LogP contribution in [0.25, 0.3) is 5.69 Å². The summed E-state index contributed by atoms with van der Waals surface area (Å²) in [5.41, 5.74) is 0.887. The van der Waals surface area contributed by atoms with Crippen molar-refractivity contribution < 1.29 is 4.79 Å². The van der Waals surface area contributed by atoms with E-state index < -0.39 is 0 Å². The molecule has 0 aliphatic carbocycles. The molecular weight excluding hydrogens is 312 g/mol. The number of hydrogen-bond acceptors (Lipinski definition) is 6. The molecule has 0 saturated heterocycles. The highest BCUT2D eigenvalue weighted by Crippen LogP contribution is 2.18. The van der Waals surface area contributed by atoms with Gasteiger partial charge in [0.05, 0.1) is 5.69 Å². The molecule has 0 spiro atoms. The molecule has 1 aromatic carbocycles. The largest absolute Gasteiger partial charge is 0.311 e. The van der Waals surface area contributed by atoms with E-state index in [2.05, 4.69) is 25.8 Å². The van der Waals surface area contributed by atoms with Crippen LogP contribution in [0.4, 0.5) is 5.82 Å². The summed E-state index contributed by atoms with van der Waals surface area (Å²) in [6.45, 7) is 0. The Kier molecular flexibility index (Phi) is 4.95. The van der Waals surface area contributed by atoms with Gasteiger partial charge in [0.25, 0.3) is 0 Å². The summed E-state index contributed by atoms with van der Waals surface area (Å²) in [6.07, 6.45) is 1.99. The summed E-state index contributed by atoms with van der Waals surface area (Å²) in [6, 6.07) is 15.0. The smallest absolute Gasteiger partial charge is 0.226 e. The molecule has 23 heavy (non-hydrogen) atoms. The molecule has 2 heterocycles. The lowest BCUT2D eigenvalue weighted by Gasteiger charge is -2.05. The number of para-hydroxylation sites is 1. The van der Waals surface area contributed by atoms with Gasteiger partial charge in [0.2, 0.25) is 11.1 Å². The van der Waals surface area contributed by atoms with E-state index in [1.807, 2.05) is 36.4 Å². The highest BCUT2D eigenvalue weighted by atomic mass is 32.2. The minimum Gasteiger partial charge on any atom is -0.311 e. The van der Waals surface area contributed by atoms with Crippen LogP contribution < -0.4 is 5.32 Å². The normalized spacial score (nSPS) is 10.4. The number of anilines is 1. The molecule has 116 valence electrons. The zero-order valence-corrected chi connectivity index (χ0v) is 13.0. The third-order valence-corrected chi connectivity index (χ3v) is 3.86. The van der Waals surface area contributed by atoms with Crippen molar-refractivity contribution in [2.24, 2.45) is 0 Å². The Balaban J connectivity index is 1.54. The van der Waals surface area contributed by atoms with Crippen molar-refractivity contribution in [3.8, 4) is 5.69 Å². The number of amides is 1. The average molecular weight is 326 g/mol. The van der Waals surface area contributed by atoms with Gasteiger partial charge in [-0.3, -0.25) is 4.79 Å². The SMILES string of the molecule is O=C(CCSc1nnnn1-c1ccccc1)Nc1ccccn1. The van der Waals surface area contributed by atoms with Crippen LogP contribution in [0.3, 0.4) is 0 Å². The number of carbonyl (C=O) groups is 1. The van der Waals surface area contributed by atoms with Crippen LogP contribution in [0.2, 0.25) is 0 Å². The Labute approximate surface area is 137 Å². The van der Waals surface area contributed by atoms with Gasteiger partial charge in [-0.1, -0.05) is 36.0 Å². The standard InChI is InChI=1S/C15H14N6OS/c22-14(17-13-8-4-5-10-16-13)9-11-23-15-18-19-20-21(15)12-6-2-1-3-7-12/h1-8,10H,9,11H2,(H,16,17,22). The Hall–Kier alpha value is -2.74. The first-order valence-electron chi connectivity index (χ1n) is 7.00. The Morgan fingerprint density at radius 1 is 1.13 bits per heavy atom. The number of rotatable bonds is 6. The zero-order valence-electron chi connectivity index (χ0n) is 12.2. The zero-order chi connectivity index (χ0) is 15.9. The summed E-state index contributed by atoms with van der Waals surface area (Å²) in [5, 5.41) is 15.1. The second-order valence-corrected chi connectivity index (χ2v) is 5.63. The van der Waals surface area contributed by atoms with Crippen molar-refractivity contribution in [2.45, 2.75) is 11.6 Å². The lowest BCUT2D eigenvalue weighted by molar-refractivity contribution is -0.115. The lowest BCUT2D eigenvalue weighted by Crippen LogP contribution is -2.13. The Bertz CT molecular complexity index is 762. The van der Waals surface area contributed by atoms with Crippen molar-refractivity contribution in [2.75, 3.05) is 11.1 Å². The summed E-state index contributed by atoms with van der Waals surface area (Å²) >= 11 is 1.43. The fourth-order valence-corrected chi connectivity index (χ4v) is 2.71. The number of pyridine rings is 1. The predicted octanol–water partition coefficient (Wildman–Crippen LogP) is 2.18. The van der Waals surface area contributed by atoms with Crippen LogP contribution in [-0.2, 0) is 4.79 Å². The van der Waals surface area contributed by atoms with E-state index in [0.717, 1.165) is 5.69 Å². The van der Waals surface area contributed by atoms with Gasteiger partial charge in [-0.25, -0.2) is 4.98 Å². The predicted molar refractivity (Wildman–Crippen MR) is 87.4 cm³/mol. The second kappa shape index (κ2) is 7.50. The molecule has 0 bridgehead atoms. The first-order chi connectivity index (χ1) is 11.3. The fraction of sp³-hybridized carbons (Fsp3) is 0.133. The number of nitrogens with one attached hydrogen (secondary N) is 1. The van der Waals surface area contributed by atoms with Crippen LogP contribution in [0, 0.1) is 0 Å². The van der Waals surface area contributed by atoms with E-state index in [1.54, 1.807) is 23.0 Å². The molecule has 1 N–H and O–H groups in total. The quantitative estimate of drug-likeness (QED) is 0.699. The minimum atomic E-state index is -0.0880. The molecule has 0 fully saturated rings.